The Labute approximate surface area is 97.6 Å². The normalized spacial score (nSPS) is 85.6. The van der Waals surface area contributed by atoms with Crippen LogP contribution in [0.15, 0.2) is 0 Å². The Bertz CT molecular complexity index is 413. The zero-order valence-corrected chi connectivity index (χ0v) is 9.54. The van der Waals surface area contributed by atoms with Crippen LogP contribution in [0.4, 0.5) is 0 Å². The molecule has 0 saturated heterocycles. The predicted molar refractivity (Wildman–Crippen MR) is 54.8 cm³/mol. The SMILES string of the molecule is OC1C2C3C[C@H]4[C@H]1[C@]1(Cl)C[C@@]4(Cl)[C@@]3(O)[C@@H]21. The molecule has 2 nitrogen and oxygen atoms in total. The van der Waals surface area contributed by atoms with E-state index in [0.29, 0.717) is 6.42 Å². The van der Waals surface area contributed by atoms with E-state index in [1.54, 1.807) is 0 Å². The Kier molecular flexibility index (Phi) is 1.02. The molecular formula is C11H12Cl2O2. The van der Waals surface area contributed by atoms with Gasteiger partial charge < -0.3 is 10.2 Å². The molecule has 0 radical (unpaired) electrons. The lowest BCUT2D eigenvalue weighted by molar-refractivity contribution is -0.182. The smallest absolute Gasteiger partial charge is 0.0922 e. The van der Waals surface area contributed by atoms with Crippen LogP contribution in [0.2, 0.25) is 0 Å². The number of fused-ring (bicyclic) bond motifs is 2. The fourth-order valence-corrected chi connectivity index (χ4v) is 7.92. The molecule has 0 aromatic rings. The van der Waals surface area contributed by atoms with Gasteiger partial charge in [0.2, 0.25) is 0 Å². The van der Waals surface area contributed by atoms with Gasteiger partial charge >= 0.3 is 0 Å². The average Bonchev–Trinajstić information content (AvgIpc) is 2.48. The summed E-state index contributed by atoms with van der Waals surface area (Å²) in [6.07, 6.45) is 1.38. The summed E-state index contributed by atoms with van der Waals surface area (Å²) >= 11 is 13.3. The molecule has 2 bridgehead atoms. The monoisotopic (exact) mass is 246 g/mol. The van der Waals surface area contributed by atoms with Crippen LogP contribution in [0.25, 0.3) is 0 Å². The molecule has 2 N–H and O–H groups in total. The van der Waals surface area contributed by atoms with Crippen LogP contribution in [0.3, 0.4) is 0 Å². The van der Waals surface area contributed by atoms with Crippen molar-refractivity contribution in [2.45, 2.75) is 34.3 Å². The van der Waals surface area contributed by atoms with Crippen molar-refractivity contribution in [1.82, 2.24) is 0 Å². The van der Waals surface area contributed by atoms with Crippen LogP contribution in [0.1, 0.15) is 12.8 Å². The highest BCUT2D eigenvalue weighted by Gasteiger charge is 2.96. The fraction of sp³-hybridized carbons (Fsp3) is 1.00. The lowest BCUT2D eigenvalue weighted by atomic mass is 9.55. The number of alkyl halides is 2. The first-order valence-electron chi connectivity index (χ1n) is 5.74. The number of halogens is 2. The van der Waals surface area contributed by atoms with Crippen molar-refractivity contribution < 1.29 is 10.2 Å². The van der Waals surface area contributed by atoms with Gasteiger partial charge in [0.05, 0.1) is 21.5 Å². The minimum absolute atomic E-state index is 0.0629. The molecule has 0 aromatic heterocycles. The zero-order valence-electron chi connectivity index (χ0n) is 8.03. The quantitative estimate of drug-likeness (QED) is 0.626. The molecule has 5 aliphatic rings. The van der Waals surface area contributed by atoms with Crippen molar-refractivity contribution >= 4 is 23.2 Å². The van der Waals surface area contributed by atoms with Gasteiger partial charge in [-0.1, -0.05) is 0 Å². The number of aliphatic hydroxyl groups is 2. The highest BCUT2D eigenvalue weighted by Crippen LogP contribution is 2.89. The molecule has 15 heavy (non-hydrogen) atoms. The van der Waals surface area contributed by atoms with Gasteiger partial charge in [-0.2, -0.15) is 0 Å². The summed E-state index contributed by atoms with van der Waals surface area (Å²) in [4.78, 5) is -0.902. The second-order valence-electron chi connectivity index (χ2n) is 6.31. The summed E-state index contributed by atoms with van der Waals surface area (Å²) in [6, 6.07) is 0. The highest BCUT2D eigenvalue weighted by atomic mass is 35.5. The first-order valence-corrected chi connectivity index (χ1v) is 6.50. The van der Waals surface area contributed by atoms with Gasteiger partial charge in [0.15, 0.2) is 0 Å². The van der Waals surface area contributed by atoms with Crippen LogP contribution in [0, 0.1) is 29.6 Å². The number of hydrogen-bond acceptors (Lipinski definition) is 2. The Morgan fingerprint density at radius 1 is 1.20 bits per heavy atom. The molecule has 0 aromatic carbocycles. The molecule has 0 amide bonds. The van der Waals surface area contributed by atoms with E-state index in [-0.39, 0.29) is 35.7 Å². The van der Waals surface area contributed by atoms with Crippen LogP contribution in [-0.4, -0.2) is 31.7 Å². The number of aliphatic hydroxyl groups excluding tert-OH is 1. The van der Waals surface area contributed by atoms with E-state index in [0.717, 1.165) is 6.42 Å². The van der Waals surface area contributed by atoms with E-state index in [4.69, 9.17) is 23.2 Å². The lowest BCUT2D eigenvalue weighted by Gasteiger charge is -2.55. The molecule has 3 unspecified atom stereocenters. The molecule has 9 atom stereocenters. The Hall–Kier alpha value is 0.500. The molecule has 5 rings (SSSR count). The average molecular weight is 247 g/mol. The lowest BCUT2D eigenvalue weighted by Crippen LogP contribution is -2.66. The zero-order chi connectivity index (χ0) is 10.4. The standard InChI is InChI=1S/C11H12Cl2O2/c12-9-2-10(13)4-1-3-5(7(14)6(4)9)8(9)11(3,10)15/h3-8,14-15H,1-2H2/t3?,4-,5?,6+,7?,8-,9+,10-,11-/m0/s1. The van der Waals surface area contributed by atoms with E-state index in [1.807, 2.05) is 0 Å². The topological polar surface area (TPSA) is 40.5 Å². The first kappa shape index (κ1) is 8.57. The van der Waals surface area contributed by atoms with Gasteiger partial charge in [0.25, 0.3) is 0 Å². The van der Waals surface area contributed by atoms with Crippen LogP contribution in [-0.2, 0) is 0 Å². The van der Waals surface area contributed by atoms with E-state index in [1.165, 1.54) is 0 Å². The molecular weight excluding hydrogens is 235 g/mol. The Morgan fingerprint density at radius 3 is 2.67 bits per heavy atom. The molecule has 4 heteroatoms. The summed E-state index contributed by atoms with van der Waals surface area (Å²) in [5, 5.41) is 21.0. The number of rotatable bonds is 0. The second kappa shape index (κ2) is 1.78. The maximum absolute atomic E-state index is 10.8. The fourth-order valence-electron chi connectivity index (χ4n) is 6.34. The van der Waals surface area contributed by atoms with Gasteiger partial charge in [-0.15, -0.1) is 23.2 Å². The van der Waals surface area contributed by atoms with Crippen LogP contribution in [0.5, 0.6) is 0 Å². The maximum atomic E-state index is 10.8. The van der Waals surface area contributed by atoms with E-state index in [2.05, 4.69) is 0 Å². The molecule has 0 spiro atoms. The van der Waals surface area contributed by atoms with Gasteiger partial charge in [-0.05, 0) is 30.6 Å². The summed E-state index contributed by atoms with van der Waals surface area (Å²) in [5.41, 5.74) is -0.750. The third-order valence-corrected chi connectivity index (χ3v) is 7.78. The van der Waals surface area contributed by atoms with Crippen molar-refractivity contribution in [3.05, 3.63) is 0 Å². The molecule has 0 aliphatic heterocycles. The van der Waals surface area contributed by atoms with Gasteiger partial charge in [-0.25, -0.2) is 0 Å². The van der Waals surface area contributed by atoms with E-state index in [9.17, 15) is 10.2 Å². The molecule has 5 saturated carbocycles. The molecule has 82 valence electrons. The summed E-state index contributed by atoms with van der Waals surface area (Å²) in [5.74, 6) is 0.909. The van der Waals surface area contributed by atoms with Crippen molar-refractivity contribution in [2.75, 3.05) is 0 Å². The first-order chi connectivity index (χ1) is 6.96. The molecule has 5 fully saturated rings. The van der Waals surface area contributed by atoms with Gasteiger partial charge in [0.1, 0.15) is 0 Å². The van der Waals surface area contributed by atoms with E-state index < -0.39 is 15.3 Å². The van der Waals surface area contributed by atoms with Gasteiger partial charge in [-0.3, -0.25) is 0 Å². The highest BCUT2D eigenvalue weighted by molar-refractivity contribution is 6.32. The Morgan fingerprint density at radius 2 is 1.93 bits per heavy atom. The minimum Gasteiger partial charge on any atom is -0.392 e. The summed E-state index contributed by atoms with van der Waals surface area (Å²) in [7, 11) is 0. The minimum atomic E-state index is -0.750. The summed E-state index contributed by atoms with van der Waals surface area (Å²) in [6.45, 7) is 0. The predicted octanol–water partition coefficient (Wildman–Crippen LogP) is 0.963. The third-order valence-electron chi connectivity index (χ3n) is 6.45. The largest absolute Gasteiger partial charge is 0.392 e. The second-order valence-corrected chi connectivity index (χ2v) is 7.69. The molecule has 0 heterocycles. The maximum Gasteiger partial charge on any atom is 0.0922 e. The van der Waals surface area contributed by atoms with Crippen molar-refractivity contribution in [1.29, 1.82) is 0 Å². The van der Waals surface area contributed by atoms with Crippen molar-refractivity contribution in [3.8, 4) is 0 Å². The third kappa shape index (κ3) is 0.469. The van der Waals surface area contributed by atoms with Crippen molar-refractivity contribution in [2.24, 2.45) is 29.6 Å². The number of hydrogen-bond donors (Lipinski definition) is 2. The van der Waals surface area contributed by atoms with Crippen molar-refractivity contribution in [3.63, 3.8) is 0 Å². The molecule has 5 aliphatic carbocycles. The van der Waals surface area contributed by atoms with Crippen LogP contribution < -0.4 is 0 Å². The Balaban J connectivity index is 1.90. The summed E-state index contributed by atoms with van der Waals surface area (Å²) < 4.78 is 0. The van der Waals surface area contributed by atoms with Crippen LogP contribution >= 0.6 is 23.2 Å². The van der Waals surface area contributed by atoms with Gasteiger partial charge in [0, 0.05) is 11.8 Å². The van der Waals surface area contributed by atoms with E-state index >= 15 is 0 Å².